The second-order valence-corrected chi connectivity index (χ2v) is 7.90. The molecule has 0 radical (unpaired) electrons. The normalized spacial score (nSPS) is 12.0. The minimum absolute atomic E-state index is 0. The maximum Gasteiger partial charge on any atom is 0.261 e. The predicted octanol–water partition coefficient (Wildman–Crippen LogP) is 3.29. The van der Waals surface area contributed by atoms with Crippen molar-refractivity contribution in [1.82, 2.24) is 10.6 Å². The van der Waals surface area contributed by atoms with Crippen molar-refractivity contribution in [3.8, 4) is 0 Å². The highest BCUT2D eigenvalue weighted by Crippen LogP contribution is 2.23. The highest BCUT2D eigenvalue weighted by Gasteiger charge is 2.19. The number of benzene rings is 2. The number of halogens is 2. The van der Waals surface area contributed by atoms with Gasteiger partial charge in [-0.3, -0.25) is 9.52 Å². The first-order valence-corrected chi connectivity index (χ1v) is 10.1. The summed E-state index contributed by atoms with van der Waals surface area (Å²) in [6.45, 7) is 5.12. The van der Waals surface area contributed by atoms with Crippen molar-refractivity contribution in [2.45, 2.75) is 24.8 Å². The molecule has 2 rings (SSSR count). The van der Waals surface area contributed by atoms with E-state index in [0.717, 1.165) is 6.54 Å². The van der Waals surface area contributed by atoms with Gasteiger partial charge in [-0.15, -0.1) is 12.4 Å². The van der Waals surface area contributed by atoms with Gasteiger partial charge in [0.15, 0.2) is 0 Å². The molecule has 0 saturated carbocycles. The molecule has 2 aromatic rings. The molecule has 27 heavy (non-hydrogen) atoms. The van der Waals surface area contributed by atoms with Gasteiger partial charge in [-0.2, -0.15) is 0 Å². The van der Waals surface area contributed by atoms with E-state index >= 15 is 0 Å². The standard InChI is InChI=1S/C18H22ClN3O3S.ClH/c1-3-20-13(2)12-21-18(23)16-11-14(19)9-10-17(16)22-26(24,25)15-7-5-4-6-8-15;/h4-11,13,20,22H,3,12H2,1-2H3,(H,21,23);1H/t13-;/m1./s1. The Morgan fingerprint density at radius 3 is 2.44 bits per heavy atom. The largest absolute Gasteiger partial charge is 0.350 e. The zero-order chi connectivity index (χ0) is 19.2. The van der Waals surface area contributed by atoms with Gasteiger partial charge < -0.3 is 10.6 Å². The maximum absolute atomic E-state index is 12.5. The van der Waals surface area contributed by atoms with Gasteiger partial charge >= 0.3 is 0 Å². The number of carbonyl (C=O) groups is 1. The Labute approximate surface area is 171 Å². The lowest BCUT2D eigenvalue weighted by Crippen LogP contribution is -2.39. The zero-order valence-electron chi connectivity index (χ0n) is 15.0. The van der Waals surface area contributed by atoms with Crippen molar-refractivity contribution in [1.29, 1.82) is 0 Å². The van der Waals surface area contributed by atoms with E-state index in [4.69, 9.17) is 11.6 Å². The summed E-state index contributed by atoms with van der Waals surface area (Å²) < 4.78 is 27.5. The van der Waals surface area contributed by atoms with Gasteiger partial charge in [-0.05, 0) is 43.8 Å². The van der Waals surface area contributed by atoms with Gasteiger partial charge in [0.2, 0.25) is 0 Å². The van der Waals surface area contributed by atoms with E-state index in [-0.39, 0.29) is 34.6 Å². The molecule has 6 nitrogen and oxygen atoms in total. The van der Waals surface area contributed by atoms with E-state index in [9.17, 15) is 13.2 Å². The summed E-state index contributed by atoms with van der Waals surface area (Å²) in [5.74, 6) is -0.400. The predicted molar refractivity (Wildman–Crippen MR) is 111 cm³/mol. The number of anilines is 1. The molecule has 0 unspecified atom stereocenters. The number of rotatable bonds is 8. The molecule has 3 N–H and O–H groups in total. The topological polar surface area (TPSA) is 87.3 Å². The average Bonchev–Trinajstić information content (AvgIpc) is 2.62. The Bertz CT molecular complexity index is 861. The first kappa shape index (κ1) is 23.2. The molecule has 0 heterocycles. The molecule has 148 valence electrons. The first-order valence-electron chi connectivity index (χ1n) is 8.22. The Kier molecular flexibility index (Phi) is 9.05. The minimum atomic E-state index is -3.81. The van der Waals surface area contributed by atoms with Crippen LogP contribution in [0.15, 0.2) is 53.4 Å². The van der Waals surface area contributed by atoms with Crippen molar-refractivity contribution in [2.24, 2.45) is 0 Å². The molecule has 0 saturated heterocycles. The van der Waals surface area contributed by atoms with E-state index in [1.165, 1.54) is 30.3 Å². The van der Waals surface area contributed by atoms with Crippen molar-refractivity contribution in [2.75, 3.05) is 17.8 Å². The van der Waals surface area contributed by atoms with E-state index in [1.54, 1.807) is 18.2 Å². The molecule has 1 atom stereocenters. The van der Waals surface area contributed by atoms with Crippen molar-refractivity contribution in [3.05, 3.63) is 59.1 Å². The van der Waals surface area contributed by atoms with E-state index in [0.29, 0.717) is 11.6 Å². The molecule has 0 aliphatic carbocycles. The fourth-order valence-corrected chi connectivity index (χ4v) is 3.63. The van der Waals surface area contributed by atoms with Crippen LogP contribution in [-0.4, -0.2) is 33.5 Å². The van der Waals surface area contributed by atoms with E-state index in [2.05, 4.69) is 15.4 Å². The van der Waals surface area contributed by atoms with Gasteiger partial charge in [0.25, 0.3) is 15.9 Å². The van der Waals surface area contributed by atoms with Gasteiger partial charge in [0, 0.05) is 17.6 Å². The molecule has 0 bridgehead atoms. The first-order chi connectivity index (χ1) is 12.3. The van der Waals surface area contributed by atoms with Gasteiger partial charge in [-0.1, -0.05) is 36.7 Å². The lowest BCUT2D eigenvalue weighted by atomic mass is 10.1. The Morgan fingerprint density at radius 2 is 1.81 bits per heavy atom. The number of hydrogen-bond donors (Lipinski definition) is 3. The molecule has 0 aliphatic rings. The number of amides is 1. The molecular weight excluding hydrogens is 409 g/mol. The lowest BCUT2D eigenvalue weighted by molar-refractivity contribution is 0.0951. The molecule has 9 heteroatoms. The van der Waals surface area contributed by atoms with Gasteiger partial charge in [0.05, 0.1) is 16.1 Å². The molecule has 2 aromatic carbocycles. The number of nitrogens with one attached hydrogen (secondary N) is 3. The van der Waals surface area contributed by atoms with Crippen LogP contribution in [0.4, 0.5) is 5.69 Å². The fraction of sp³-hybridized carbons (Fsp3) is 0.278. The third kappa shape index (κ3) is 6.70. The summed E-state index contributed by atoms with van der Waals surface area (Å²) in [6.07, 6.45) is 0. The Morgan fingerprint density at radius 1 is 1.15 bits per heavy atom. The summed E-state index contributed by atoms with van der Waals surface area (Å²) in [7, 11) is -3.81. The van der Waals surface area contributed by atoms with Crippen molar-refractivity contribution < 1.29 is 13.2 Å². The van der Waals surface area contributed by atoms with Gasteiger partial charge in [0.1, 0.15) is 0 Å². The Hall–Kier alpha value is -1.80. The molecule has 0 aromatic heterocycles. The maximum atomic E-state index is 12.5. The summed E-state index contributed by atoms with van der Waals surface area (Å²) >= 11 is 5.99. The SMILES string of the molecule is CCN[C@H](C)CNC(=O)c1cc(Cl)ccc1NS(=O)(=O)c1ccccc1.Cl. The second kappa shape index (κ2) is 10.5. The van der Waals surface area contributed by atoms with Crippen LogP contribution in [0.1, 0.15) is 24.2 Å². The van der Waals surface area contributed by atoms with Crippen LogP contribution in [0.25, 0.3) is 0 Å². The number of sulfonamides is 1. The number of hydrogen-bond acceptors (Lipinski definition) is 4. The Balaban J connectivity index is 0.00000364. The summed E-state index contributed by atoms with van der Waals surface area (Å²) in [4.78, 5) is 12.6. The number of carbonyl (C=O) groups excluding carboxylic acids is 1. The smallest absolute Gasteiger partial charge is 0.261 e. The number of likely N-dealkylation sites (N-methyl/N-ethyl adjacent to an activating group) is 1. The second-order valence-electron chi connectivity index (χ2n) is 5.78. The minimum Gasteiger partial charge on any atom is -0.350 e. The monoisotopic (exact) mass is 431 g/mol. The summed E-state index contributed by atoms with van der Waals surface area (Å²) in [6, 6.07) is 12.5. The quantitative estimate of drug-likeness (QED) is 0.598. The van der Waals surface area contributed by atoms with E-state index in [1.807, 2.05) is 13.8 Å². The van der Waals surface area contributed by atoms with Crippen LogP contribution in [0.5, 0.6) is 0 Å². The highest BCUT2D eigenvalue weighted by molar-refractivity contribution is 7.92. The van der Waals surface area contributed by atoms with Crippen molar-refractivity contribution in [3.63, 3.8) is 0 Å². The van der Waals surface area contributed by atoms with Crippen LogP contribution < -0.4 is 15.4 Å². The van der Waals surface area contributed by atoms with Gasteiger partial charge in [-0.25, -0.2) is 8.42 Å². The summed E-state index contributed by atoms with van der Waals surface area (Å²) in [5, 5.41) is 6.31. The lowest BCUT2D eigenvalue weighted by Gasteiger charge is -2.16. The zero-order valence-corrected chi connectivity index (χ0v) is 17.4. The molecule has 1 amide bonds. The van der Waals surface area contributed by atoms with Crippen LogP contribution in [0.2, 0.25) is 5.02 Å². The molecule has 0 aliphatic heterocycles. The molecule has 0 spiro atoms. The van der Waals surface area contributed by atoms with Crippen LogP contribution in [0.3, 0.4) is 0 Å². The molecule has 0 fully saturated rings. The van der Waals surface area contributed by atoms with Crippen LogP contribution in [-0.2, 0) is 10.0 Å². The fourth-order valence-electron chi connectivity index (χ4n) is 2.36. The van der Waals surface area contributed by atoms with E-state index < -0.39 is 15.9 Å². The summed E-state index contributed by atoms with van der Waals surface area (Å²) in [5.41, 5.74) is 0.340. The van der Waals surface area contributed by atoms with Crippen LogP contribution >= 0.6 is 24.0 Å². The van der Waals surface area contributed by atoms with Crippen LogP contribution in [0, 0.1) is 0 Å². The average molecular weight is 432 g/mol. The molecular formula is C18H23Cl2N3O3S. The van der Waals surface area contributed by atoms with Crippen molar-refractivity contribution >= 4 is 45.6 Å². The third-order valence-corrected chi connectivity index (χ3v) is 5.26. The third-order valence-electron chi connectivity index (χ3n) is 3.65. The highest BCUT2D eigenvalue weighted by atomic mass is 35.5.